The van der Waals surface area contributed by atoms with Crippen molar-refractivity contribution in [1.29, 1.82) is 0 Å². The largest absolute Gasteiger partial charge is 0.493 e. The van der Waals surface area contributed by atoms with Crippen molar-refractivity contribution < 1.29 is 19.1 Å². The molecule has 2 aromatic carbocycles. The Kier molecular flexibility index (Phi) is 7.29. The number of para-hydroxylation sites is 1. The molecule has 132 valence electrons. The Morgan fingerprint density at radius 3 is 2.52 bits per heavy atom. The van der Waals surface area contributed by atoms with E-state index in [9.17, 15) is 9.59 Å². The minimum absolute atomic E-state index is 0.304. The van der Waals surface area contributed by atoms with Gasteiger partial charge in [0.2, 0.25) is 0 Å². The summed E-state index contributed by atoms with van der Waals surface area (Å²) in [7, 11) is 0. The van der Waals surface area contributed by atoms with Crippen LogP contribution in [0.4, 0.5) is 0 Å². The fourth-order valence-corrected chi connectivity index (χ4v) is 2.30. The number of rotatable bonds is 8. The first-order chi connectivity index (χ1) is 12.1. The topological polar surface area (TPSA) is 64.6 Å². The molecular formula is C19H20ClNO4. The third-order valence-corrected chi connectivity index (χ3v) is 3.64. The zero-order valence-corrected chi connectivity index (χ0v) is 14.7. The van der Waals surface area contributed by atoms with Crippen LogP contribution in [-0.4, -0.2) is 31.6 Å². The average Bonchev–Trinajstić information content (AvgIpc) is 2.62. The molecule has 6 heteroatoms. The lowest BCUT2D eigenvalue weighted by molar-refractivity contribution is -0.124. The van der Waals surface area contributed by atoms with Gasteiger partial charge in [0, 0.05) is 11.6 Å². The van der Waals surface area contributed by atoms with Gasteiger partial charge in [-0.2, -0.15) is 0 Å². The number of carbonyl (C=O) groups excluding carboxylic acids is 2. The Bertz CT molecular complexity index is 716. The lowest BCUT2D eigenvalue weighted by Crippen LogP contribution is -2.30. The summed E-state index contributed by atoms with van der Waals surface area (Å²) < 4.78 is 10.4. The summed E-state index contributed by atoms with van der Waals surface area (Å²) in [6, 6.07) is 14.2. The molecule has 25 heavy (non-hydrogen) atoms. The van der Waals surface area contributed by atoms with Crippen molar-refractivity contribution in [2.45, 2.75) is 13.3 Å². The van der Waals surface area contributed by atoms with Crippen LogP contribution in [0.25, 0.3) is 0 Å². The van der Waals surface area contributed by atoms with Crippen LogP contribution in [0.15, 0.2) is 48.5 Å². The summed E-state index contributed by atoms with van der Waals surface area (Å²) in [5.41, 5.74) is 1.37. The molecule has 0 unspecified atom stereocenters. The lowest BCUT2D eigenvalue weighted by atomic mass is 10.1. The van der Waals surface area contributed by atoms with Crippen LogP contribution in [0.5, 0.6) is 5.75 Å². The molecule has 0 aliphatic carbocycles. The molecule has 0 radical (unpaired) electrons. The predicted molar refractivity (Wildman–Crippen MR) is 96.1 cm³/mol. The molecule has 2 aromatic rings. The van der Waals surface area contributed by atoms with Gasteiger partial charge in [0.05, 0.1) is 6.61 Å². The van der Waals surface area contributed by atoms with Gasteiger partial charge in [-0.05, 0) is 43.2 Å². The zero-order valence-electron chi connectivity index (χ0n) is 14.0. The third kappa shape index (κ3) is 6.12. The quantitative estimate of drug-likeness (QED) is 0.733. The van der Waals surface area contributed by atoms with Crippen LogP contribution >= 0.6 is 11.6 Å². The van der Waals surface area contributed by atoms with Crippen molar-refractivity contribution in [3.8, 4) is 5.75 Å². The standard InChI is InChI=1S/C19H20ClNO4/c1-2-24-17-6-4-3-5-16(17)19(23)25-13-18(22)21-12-11-14-7-9-15(20)10-8-14/h3-10H,2,11-13H2,1H3,(H,21,22). The van der Waals surface area contributed by atoms with E-state index in [1.807, 2.05) is 19.1 Å². The Labute approximate surface area is 151 Å². The number of halogens is 1. The molecule has 0 aliphatic heterocycles. The molecule has 1 amide bonds. The molecule has 0 saturated carbocycles. The van der Waals surface area contributed by atoms with E-state index >= 15 is 0 Å². The molecule has 1 N–H and O–H groups in total. The number of carbonyl (C=O) groups is 2. The number of hydrogen-bond donors (Lipinski definition) is 1. The maximum absolute atomic E-state index is 12.1. The zero-order chi connectivity index (χ0) is 18.1. The molecule has 0 heterocycles. The first kappa shape index (κ1) is 18.8. The van der Waals surface area contributed by atoms with Gasteiger partial charge in [-0.25, -0.2) is 4.79 Å². The molecule has 0 bridgehead atoms. The SMILES string of the molecule is CCOc1ccccc1C(=O)OCC(=O)NCCc1ccc(Cl)cc1. The molecule has 0 aliphatic rings. The number of nitrogens with one attached hydrogen (secondary N) is 1. The summed E-state index contributed by atoms with van der Waals surface area (Å²) in [6.45, 7) is 2.39. The third-order valence-electron chi connectivity index (χ3n) is 3.39. The second-order valence-electron chi connectivity index (χ2n) is 5.23. The van der Waals surface area contributed by atoms with Crippen LogP contribution in [0, 0.1) is 0 Å². The van der Waals surface area contributed by atoms with Gasteiger partial charge in [0.15, 0.2) is 6.61 Å². The van der Waals surface area contributed by atoms with Gasteiger partial charge in [-0.1, -0.05) is 35.9 Å². The number of benzene rings is 2. The average molecular weight is 362 g/mol. The fraction of sp³-hybridized carbons (Fsp3) is 0.263. The van der Waals surface area contributed by atoms with Crippen molar-refractivity contribution in [1.82, 2.24) is 5.32 Å². The molecular weight excluding hydrogens is 342 g/mol. The minimum atomic E-state index is -0.586. The molecule has 0 spiro atoms. The van der Waals surface area contributed by atoms with E-state index in [4.69, 9.17) is 21.1 Å². The summed E-state index contributed by atoms with van der Waals surface area (Å²) in [6.07, 6.45) is 0.671. The molecule has 2 rings (SSSR count). The Hall–Kier alpha value is -2.53. The van der Waals surface area contributed by atoms with Crippen LogP contribution in [0.2, 0.25) is 5.02 Å². The van der Waals surface area contributed by atoms with E-state index in [0.717, 1.165) is 5.56 Å². The number of ether oxygens (including phenoxy) is 2. The van der Waals surface area contributed by atoms with Gasteiger partial charge in [0.25, 0.3) is 5.91 Å². The molecule has 0 atom stereocenters. The maximum Gasteiger partial charge on any atom is 0.342 e. The Morgan fingerprint density at radius 1 is 1.08 bits per heavy atom. The van der Waals surface area contributed by atoms with Crippen molar-refractivity contribution in [2.75, 3.05) is 19.8 Å². The van der Waals surface area contributed by atoms with Gasteiger partial charge >= 0.3 is 5.97 Å². The minimum Gasteiger partial charge on any atom is -0.493 e. The highest BCUT2D eigenvalue weighted by Crippen LogP contribution is 2.18. The van der Waals surface area contributed by atoms with Crippen molar-refractivity contribution in [3.63, 3.8) is 0 Å². The molecule has 5 nitrogen and oxygen atoms in total. The first-order valence-corrected chi connectivity index (χ1v) is 8.38. The highest BCUT2D eigenvalue weighted by molar-refractivity contribution is 6.30. The van der Waals surface area contributed by atoms with Crippen molar-refractivity contribution >= 4 is 23.5 Å². The fourth-order valence-electron chi connectivity index (χ4n) is 2.17. The predicted octanol–water partition coefficient (Wildman–Crippen LogP) is 3.25. The number of esters is 1. The monoisotopic (exact) mass is 361 g/mol. The number of amides is 1. The van der Waals surface area contributed by atoms with Crippen LogP contribution in [0.1, 0.15) is 22.8 Å². The van der Waals surface area contributed by atoms with Gasteiger partial charge < -0.3 is 14.8 Å². The Balaban J connectivity index is 1.76. The van der Waals surface area contributed by atoms with Crippen LogP contribution in [-0.2, 0) is 16.0 Å². The smallest absolute Gasteiger partial charge is 0.342 e. The van der Waals surface area contributed by atoms with E-state index in [0.29, 0.717) is 35.9 Å². The van der Waals surface area contributed by atoms with Gasteiger partial charge in [-0.15, -0.1) is 0 Å². The summed E-state index contributed by atoms with van der Waals surface area (Å²) in [5, 5.41) is 3.39. The summed E-state index contributed by atoms with van der Waals surface area (Å²) >= 11 is 5.82. The van der Waals surface area contributed by atoms with E-state index in [-0.39, 0.29) is 12.5 Å². The lowest BCUT2D eigenvalue weighted by Gasteiger charge is -2.10. The molecule has 0 fully saturated rings. The van der Waals surface area contributed by atoms with Crippen LogP contribution < -0.4 is 10.1 Å². The molecule has 0 aromatic heterocycles. The normalized spacial score (nSPS) is 10.2. The van der Waals surface area contributed by atoms with E-state index in [2.05, 4.69) is 5.32 Å². The van der Waals surface area contributed by atoms with Gasteiger partial charge in [-0.3, -0.25) is 4.79 Å². The second kappa shape index (κ2) is 9.69. The maximum atomic E-state index is 12.1. The number of hydrogen-bond acceptors (Lipinski definition) is 4. The first-order valence-electron chi connectivity index (χ1n) is 8.00. The highest BCUT2D eigenvalue weighted by Gasteiger charge is 2.14. The van der Waals surface area contributed by atoms with Crippen LogP contribution in [0.3, 0.4) is 0 Å². The van der Waals surface area contributed by atoms with Crippen molar-refractivity contribution in [2.24, 2.45) is 0 Å². The second-order valence-corrected chi connectivity index (χ2v) is 5.67. The van der Waals surface area contributed by atoms with E-state index < -0.39 is 5.97 Å². The van der Waals surface area contributed by atoms with Gasteiger partial charge in [0.1, 0.15) is 11.3 Å². The Morgan fingerprint density at radius 2 is 1.80 bits per heavy atom. The summed E-state index contributed by atoms with van der Waals surface area (Å²) in [5.74, 6) is -0.494. The molecule has 0 saturated heterocycles. The highest BCUT2D eigenvalue weighted by atomic mass is 35.5. The summed E-state index contributed by atoms with van der Waals surface area (Å²) in [4.78, 5) is 23.9. The van der Waals surface area contributed by atoms with E-state index in [1.165, 1.54) is 0 Å². The van der Waals surface area contributed by atoms with Crippen molar-refractivity contribution in [3.05, 3.63) is 64.7 Å². The van der Waals surface area contributed by atoms with E-state index in [1.54, 1.807) is 36.4 Å².